The summed E-state index contributed by atoms with van der Waals surface area (Å²) in [6.45, 7) is 2.87. The SMILES string of the molecule is CO[C@@H]1CCN(C(=O)CCN2CCCCC2=O)C1. The number of amides is 2. The van der Waals surface area contributed by atoms with E-state index in [-0.39, 0.29) is 17.9 Å². The van der Waals surface area contributed by atoms with Crippen molar-refractivity contribution in [3.8, 4) is 0 Å². The Hall–Kier alpha value is -1.10. The Morgan fingerprint density at radius 2 is 2.22 bits per heavy atom. The highest BCUT2D eigenvalue weighted by atomic mass is 16.5. The summed E-state index contributed by atoms with van der Waals surface area (Å²) in [5.74, 6) is 0.346. The van der Waals surface area contributed by atoms with E-state index in [1.807, 2.05) is 9.80 Å². The molecule has 2 saturated heterocycles. The second kappa shape index (κ2) is 6.18. The van der Waals surface area contributed by atoms with Crippen molar-refractivity contribution < 1.29 is 14.3 Å². The molecule has 0 aromatic heterocycles. The molecule has 1 atom stereocenters. The summed E-state index contributed by atoms with van der Waals surface area (Å²) in [7, 11) is 1.69. The third kappa shape index (κ3) is 3.22. The van der Waals surface area contributed by atoms with Crippen LogP contribution in [0.25, 0.3) is 0 Å². The first-order valence-electron chi connectivity index (χ1n) is 6.79. The molecule has 2 fully saturated rings. The van der Waals surface area contributed by atoms with Gasteiger partial charge in [0.1, 0.15) is 0 Å². The zero-order valence-electron chi connectivity index (χ0n) is 11.1. The zero-order chi connectivity index (χ0) is 13.0. The molecule has 0 aliphatic carbocycles. The van der Waals surface area contributed by atoms with Crippen LogP contribution in [0.2, 0.25) is 0 Å². The van der Waals surface area contributed by atoms with E-state index < -0.39 is 0 Å². The Labute approximate surface area is 108 Å². The minimum atomic E-state index is 0.146. The van der Waals surface area contributed by atoms with Gasteiger partial charge >= 0.3 is 0 Å². The fourth-order valence-electron chi connectivity index (χ4n) is 2.63. The van der Waals surface area contributed by atoms with Crippen LogP contribution in [0, 0.1) is 0 Å². The van der Waals surface area contributed by atoms with Crippen LogP contribution in [0.4, 0.5) is 0 Å². The van der Waals surface area contributed by atoms with E-state index in [1.54, 1.807) is 7.11 Å². The largest absolute Gasteiger partial charge is 0.380 e. The van der Waals surface area contributed by atoms with Crippen LogP contribution >= 0.6 is 0 Å². The van der Waals surface area contributed by atoms with Gasteiger partial charge in [0.2, 0.25) is 11.8 Å². The second-order valence-corrected chi connectivity index (χ2v) is 5.07. The predicted octanol–water partition coefficient (Wildman–Crippen LogP) is 0.636. The number of carbonyl (C=O) groups is 2. The fourth-order valence-corrected chi connectivity index (χ4v) is 2.63. The highest BCUT2D eigenvalue weighted by molar-refractivity contribution is 5.79. The molecule has 0 bridgehead atoms. The van der Waals surface area contributed by atoms with Gasteiger partial charge in [0.25, 0.3) is 0 Å². The molecule has 18 heavy (non-hydrogen) atoms. The molecule has 0 saturated carbocycles. The number of methoxy groups -OCH3 is 1. The van der Waals surface area contributed by atoms with Crippen molar-refractivity contribution in [3.63, 3.8) is 0 Å². The maximum atomic E-state index is 12.0. The molecule has 5 nitrogen and oxygen atoms in total. The van der Waals surface area contributed by atoms with Gasteiger partial charge in [0.05, 0.1) is 6.10 Å². The van der Waals surface area contributed by atoms with Crippen molar-refractivity contribution in [2.75, 3.05) is 33.3 Å². The van der Waals surface area contributed by atoms with Crippen molar-refractivity contribution in [1.29, 1.82) is 0 Å². The van der Waals surface area contributed by atoms with E-state index in [9.17, 15) is 9.59 Å². The van der Waals surface area contributed by atoms with E-state index in [2.05, 4.69) is 0 Å². The van der Waals surface area contributed by atoms with Gasteiger partial charge in [-0.15, -0.1) is 0 Å². The summed E-state index contributed by atoms with van der Waals surface area (Å²) >= 11 is 0. The number of hydrogen-bond acceptors (Lipinski definition) is 3. The van der Waals surface area contributed by atoms with Crippen LogP contribution in [-0.2, 0) is 14.3 Å². The normalized spacial score (nSPS) is 24.7. The van der Waals surface area contributed by atoms with Gasteiger partial charge in [-0.3, -0.25) is 9.59 Å². The summed E-state index contributed by atoms with van der Waals surface area (Å²) in [6, 6.07) is 0. The molecule has 0 spiro atoms. The minimum absolute atomic E-state index is 0.146. The van der Waals surface area contributed by atoms with Crippen molar-refractivity contribution >= 4 is 11.8 Å². The van der Waals surface area contributed by atoms with Crippen LogP contribution in [0.1, 0.15) is 32.1 Å². The molecule has 2 rings (SSSR count). The van der Waals surface area contributed by atoms with Crippen molar-refractivity contribution in [2.45, 2.75) is 38.2 Å². The lowest BCUT2D eigenvalue weighted by Gasteiger charge is -2.27. The van der Waals surface area contributed by atoms with E-state index in [1.165, 1.54) is 0 Å². The highest BCUT2D eigenvalue weighted by Gasteiger charge is 2.26. The first kappa shape index (κ1) is 13.3. The lowest BCUT2D eigenvalue weighted by molar-refractivity contribution is -0.135. The van der Waals surface area contributed by atoms with Gasteiger partial charge in [-0.1, -0.05) is 0 Å². The number of hydrogen-bond donors (Lipinski definition) is 0. The molecule has 0 radical (unpaired) electrons. The molecule has 102 valence electrons. The topological polar surface area (TPSA) is 49.9 Å². The number of piperidine rings is 1. The van der Waals surface area contributed by atoms with Crippen LogP contribution in [0.3, 0.4) is 0 Å². The van der Waals surface area contributed by atoms with Crippen molar-refractivity contribution in [2.24, 2.45) is 0 Å². The number of ether oxygens (including phenoxy) is 1. The summed E-state index contributed by atoms with van der Waals surface area (Å²) in [5.41, 5.74) is 0. The molecule has 0 N–H and O–H groups in total. The fraction of sp³-hybridized carbons (Fsp3) is 0.846. The second-order valence-electron chi connectivity index (χ2n) is 5.07. The average Bonchev–Trinajstić information content (AvgIpc) is 2.86. The standard InChI is InChI=1S/C13H22N2O3/c1-18-11-5-8-15(10-11)13(17)6-9-14-7-3-2-4-12(14)16/h11H,2-10H2,1H3/t11-/m1/s1. The molecular formula is C13H22N2O3. The van der Waals surface area contributed by atoms with Gasteiger partial charge in [-0.2, -0.15) is 0 Å². The van der Waals surface area contributed by atoms with Crippen LogP contribution in [-0.4, -0.2) is 61.0 Å². The minimum Gasteiger partial charge on any atom is -0.380 e. The number of rotatable bonds is 4. The maximum absolute atomic E-state index is 12.0. The first-order chi connectivity index (χ1) is 8.70. The monoisotopic (exact) mass is 254 g/mol. The summed E-state index contributed by atoms with van der Waals surface area (Å²) in [5, 5.41) is 0. The van der Waals surface area contributed by atoms with E-state index >= 15 is 0 Å². The van der Waals surface area contributed by atoms with E-state index in [4.69, 9.17) is 4.74 Å². The Morgan fingerprint density at radius 3 is 2.89 bits per heavy atom. The van der Waals surface area contributed by atoms with E-state index in [0.717, 1.165) is 32.4 Å². The Kier molecular flexibility index (Phi) is 4.58. The third-order valence-electron chi connectivity index (χ3n) is 3.85. The zero-order valence-corrected chi connectivity index (χ0v) is 11.1. The average molecular weight is 254 g/mol. The number of likely N-dealkylation sites (tertiary alicyclic amines) is 2. The molecule has 2 aliphatic rings. The smallest absolute Gasteiger partial charge is 0.224 e. The van der Waals surface area contributed by atoms with Gasteiger partial charge in [-0.05, 0) is 19.3 Å². The molecule has 0 aromatic rings. The number of carbonyl (C=O) groups excluding carboxylic acids is 2. The lowest BCUT2D eigenvalue weighted by atomic mass is 10.1. The van der Waals surface area contributed by atoms with Gasteiger partial charge < -0.3 is 14.5 Å². The summed E-state index contributed by atoms with van der Waals surface area (Å²) in [6.07, 6.45) is 4.25. The van der Waals surface area contributed by atoms with E-state index in [0.29, 0.717) is 25.9 Å². The number of nitrogens with zero attached hydrogens (tertiary/aromatic N) is 2. The molecule has 2 heterocycles. The third-order valence-corrected chi connectivity index (χ3v) is 3.85. The first-order valence-corrected chi connectivity index (χ1v) is 6.79. The predicted molar refractivity (Wildman–Crippen MR) is 67.0 cm³/mol. The molecule has 0 aromatic carbocycles. The van der Waals surface area contributed by atoms with Crippen LogP contribution in [0.5, 0.6) is 0 Å². The van der Waals surface area contributed by atoms with Gasteiger partial charge in [0.15, 0.2) is 0 Å². The summed E-state index contributed by atoms with van der Waals surface area (Å²) < 4.78 is 5.24. The quantitative estimate of drug-likeness (QED) is 0.739. The maximum Gasteiger partial charge on any atom is 0.224 e. The van der Waals surface area contributed by atoms with Gasteiger partial charge in [-0.25, -0.2) is 0 Å². The Balaban J connectivity index is 1.73. The Bertz CT molecular complexity index is 319. The molecule has 5 heteroatoms. The molecule has 2 aliphatic heterocycles. The van der Waals surface area contributed by atoms with Crippen LogP contribution < -0.4 is 0 Å². The van der Waals surface area contributed by atoms with Crippen molar-refractivity contribution in [1.82, 2.24) is 9.80 Å². The lowest BCUT2D eigenvalue weighted by Crippen LogP contribution is -2.39. The Morgan fingerprint density at radius 1 is 1.39 bits per heavy atom. The van der Waals surface area contributed by atoms with Crippen LogP contribution in [0.15, 0.2) is 0 Å². The summed E-state index contributed by atoms with van der Waals surface area (Å²) in [4.78, 5) is 27.3. The molecule has 0 unspecified atom stereocenters. The highest BCUT2D eigenvalue weighted by Crippen LogP contribution is 2.14. The molecular weight excluding hydrogens is 232 g/mol. The van der Waals surface area contributed by atoms with Crippen molar-refractivity contribution in [3.05, 3.63) is 0 Å². The van der Waals surface area contributed by atoms with Gasteiger partial charge in [0, 0.05) is 46.1 Å². The molecule has 2 amide bonds.